The Kier molecular flexibility index (Phi) is 24.0. The number of Topliss-reactive ketones (excluding diaryl/α,β-unsaturated/α-hetero) is 1. The van der Waals surface area contributed by atoms with Crippen molar-refractivity contribution < 1.29 is 4.79 Å². The van der Waals surface area contributed by atoms with E-state index in [4.69, 9.17) is 0 Å². The fourth-order valence-electron chi connectivity index (χ4n) is 3.30. The summed E-state index contributed by atoms with van der Waals surface area (Å²) in [4.78, 5) is 13.7. The zero-order chi connectivity index (χ0) is 22.3. The van der Waals surface area contributed by atoms with E-state index in [2.05, 4.69) is 36.1 Å². The van der Waals surface area contributed by atoms with E-state index in [0.717, 1.165) is 38.9 Å². The van der Waals surface area contributed by atoms with Gasteiger partial charge in [-0.25, -0.2) is 0 Å². The quantitative estimate of drug-likeness (QED) is 0.369. The van der Waals surface area contributed by atoms with Gasteiger partial charge in [-0.15, -0.1) is 0 Å². The van der Waals surface area contributed by atoms with Crippen molar-refractivity contribution >= 4 is 5.78 Å². The van der Waals surface area contributed by atoms with Gasteiger partial charge in [0.05, 0.1) is 0 Å². The van der Waals surface area contributed by atoms with Crippen LogP contribution in [-0.2, 0) is 17.6 Å². The van der Waals surface area contributed by atoms with Gasteiger partial charge in [0.25, 0.3) is 0 Å². The summed E-state index contributed by atoms with van der Waals surface area (Å²) < 4.78 is 0. The van der Waals surface area contributed by atoms with Crippen LogP contribution in [0.1, 0.15) is 111 Å². The van der Waals surface area contributed by atoms with Crippen LogP contribution < -0.4 is 0 Å². The summed E-state index contributed by atoms with van der Waals surface area (Å²) in [6, 6.07) is 9.20. The van der Waals surface area contributed by atoms with Gasteiger partial charge in [-0.2, -0.15) is 0 Å². The van der Waals surface area contributed by atoms with Crippen molar-refractivity contribution in [2.24, 2.45) is 0 Å². The fourth-order valence-corrected chi connectivity index (χ4v) is 3.30. The van der Waals surface area contributed by atoms with Gasteiger partial charge in [-0.05, 0) is 30.4 Å². The highest BCUT2D eigenvalue weighted by molar-refractivity contribution is 5.79. The van der Waals surface area contributed by atoms with Crippen LogP contribution >= 0.6 is 0 Å². The Morgan fingerprint density at radius 2 is 1.14 bits per heavy atom. The van der Waals surface area contributed by atoms with E-state index in [1.165, 1.54) is 56.1 Å². The molecule has 0 amide bonds. The van der Waals surface area contributed by atoms with Crippen LogP contribution in [0.15, 0.2) is 24.3 Å². The molecule has 0 saturated carbocycles. The van der Waals surface area contributed by atoms with Crippen LogP contribution in [0.2, 0.25) is 0 Å². The van der Waals surface area contributed by atoms with E-state index in [0.29, 0.717) is 5.78 Å². The van der Waals surface area contributed by atoms with Crippen LogP contribution in [0, 0.1) is 0 Å². The average molecular weight is 406 g/mol. The number of nitrogens with zero attached hydrogens (tertiary/aromatic N) is 1. The van der Waals surface area contributed by atoms with Crippen molar-refractivity contribution in [2.75, 3.05) is 19.6 Å². The number of hydrogen-bond acceptors (Lipinski definition) is 2. The monoisotopic (exact) mass is 405 g/mol. The summed E-state index contributed by atoms with van der Waals surface area (Å²) in [5.74, 6) is 0.431. The lowest BCUT2D eigenvalue weighted by Gasteiger charge is -2.25. The minimum absolute atomic E-state index is 0.431. The molecule has 0 aromatic heterocycles. The number of carbonyl (C=O) groups is 1. The summed E-state index contributed by atoms with van der Waals surface area (Å²) >= 11 is 0. The highest BCUT2D eigenvalue weighted by atomic mass is 16.1. The summed E-state index contributed by atoms with van der Waals surface area (Å²) in [6.45, 7) is 17.3. The van der Waals surface area contributed by atoms with Gasteiger partial charge >= 0.3 is 0 Å². The molecule has 2 rings (SSSR count). The lowest BCUT2D eigenvalue weighted by molar-refractivity contribution is -0.121. The molecule has 1 heterocycles. The summed E-state index contributed by atoms with van der Waals surface area (Å²) in [6.07, 6.45) is 12.0. The SMILES string of the molecule is CC.CC.CC.CCCCCCCCc1ccc(CCN2CCC(=O)CC2)cc1. The molecule has 0 bridgehead atoms. The molecule has 0 atom stereocenters. The Balaban J connectivity index is 0. The molecule has 29 heavy (non-hydrogen) atoms. The number of benzene rings is 1. The summed E-state index contributed by atoms with van der Waals surface area (Å²) in [5, 5.41) is 0. The Hall–Kier alpha value is -1.15. The molecular formula is C27H51NO. The van der Waals surface area contributed by atoms with E-state index >= 15 is 0 Å². The van der Waals surface area contributed by atoms with Gasteiger partial charge in [-0.1, -0.05) is 105 Å². The Bertz CT molecular complexity index is 442. The van der Waals surface area contributed by atoms with Gasteiger partial charge in [0.2, 0.25) is 0 Å². The molecule has 1 saturated heterocycles. The van der Waals surface area contributed by atoms with E-state index < -0.39 is 0 Å². The second-order valence-corrected chi connectivity index (χ2v) is 6.96. The zero-order valence-electron chi connectivity index (χ0n) is 20.9. The van der Waals surface area contributed by atoms with Crippen molar-refractivity contribution in [1.82, 2.24) is 4.90 Å². The first-order valence-corrected chi connectivity index (χ1v) is 12.6. The van der Waals surface area contributed by atoms with Crippen molar-refractivity contribution in [2.45, 2.75) is 113 Å². The summed E-state index contributed by atoms with van der Waals surface area (Å²) in [5.41, 5.74) is 2.90. The number of carbonyl (C=O) groups excluding carboxylic acids is 1. The molecule has 1 fully saturated rings. The standard InChI is InChI=1S/C21H33NO.3C2H6/c1-2-3-4-5-6-7-8-19-9-11-20(12-10-19)13-16-22-17-14-21(23)15-18-22;3*1-2/h9-12H,2-8,13-18H2,1H3;3*1-2H3. The minimum atomic E-state index is 0.431. The third-order valence-electron chi connectivity index (χ3n) is 4.97. The topological polar surface area (TPSA) is 20.3 Å². The molecule has 1 aliphatic heterocycles. The molecular weight excluding hydrogens is 354 g/mol. The van der Waals surface area contributed by atoms with Crippen LogP contribution in [0.5, 0.6) is 0 Å². The fraction of sp³-hybridized carbons (Fsp3) is 0.741. The zero-order valence-corrected chi connectivity index (χ0v) is 20.9. The number of aryl methyl sites for hydroxylation is 1. The average Bonchev–Trinajstić information content (AvgIpc) is 2.80. The predicted octanol–water partition coefficient (Wildman–Crippen LogP) is 7.88. The second kappa shape index (κ2) is 23.1. The van der Waals surface area contributed by atoms with Crippen molar-refractivity contribution in [1.29, 1.82) is 0 Å². The maximum Gasteiger partial charge on any atom is 0.135 e. The van der Waals surface area contributed by atoms with Crippen LogP contribution in [-0.4, -0.2) is 30.3 Å². The Morgan fingerprint density at radius 1 is 0.690 bits per heavy atom. The van der Waals surface area contributed by atoms with Gasteiger partial charge in [0.1, 0.15) is 5.78 Å². The smallest absolute Gasteiger partial charge is 0.135 e. The molecule has 2 heteroatoms. The second-order valence-electron chi connectivity index (χ2n) is 6.96. The normalized spacial score (nSPS) is 13.3. The van der Waals surface area contributed by atoms with Crippen molar-refractivity contribution in [3.8, 4) is 0 Å². The van der Waals surface area contributed by atoms with Gasteiger partial charge in [-0.3, -0.25) is 4.79 Å². The lowest BCUT2D eigenvalue weighted by atomic mass is 10.0. The predicted molar refractivity (Wildman–Crippen MR) is 132 cm³/mol. The molecule has 0 unspecified atom stereocenters. The van der Waals surface area contributed by atoms with Crippen LogP contribution in [0.3, 0.4) is 0 Å². The van der Waals surface area contributed by atoms with Gasteiger partial charge < -0.3 is 4.90 Å². The van der Waals surface area contributed by atoms with Crippen LogP contribution in [0.25, 0.3) is 0 Å². The molecule has 1 aromatic rings. The maximum atomic E-state index is 11.3. The number of ketones is 1. The molecule has 0 radical (unpaired) electrons. The van der Waals surface area contributed by atoms with E-state index in [9.17, 15) is 4.79 Å². The number of piperidine rings is 1. The number of unbranched alkanes of at least 4 members (excludes halogenated alkanes) is 5. The summed E-state index contributed by atoms with van der Waals surface area (Å²) in [7, 11) is 0. The third kappa shape index (κ3) is 16.3. The van der Waals surface area contributed by atoms with E-state index in [-0.39, 0.29) is 0 Å². The molecule has 0 N–H and O–H groups in total. The first-order chi connectivity index (χ1) is 14.3. The van der Waals surface area contributed by atoms with Gasteiger partial charge in [0.15, 0.2) is 0 Å². The first kappa shape index (κ1) is 30.0. The molecule has 1 aromatic carbocycles. The Labute approximate surface area is 183 Å². The molecule has 2 nitrogen and oxygen atoms in total. The highest BCUT2D eigenvalue weighted by Gasteiger charge is 2.15. The minimum Gasteiger partial charge on any atom is -0.302 e. The third-order valence-corrected chi connectivity index (χ3v) is 4.97. The van der Waals surface area contributed by atoms with E-state index in [1.807, 2.05) is 41.5 Å². The largest absolute Gasteiger partial charge is 0.302 e. The number of hydrogen-bond donors (Lipinski definition) is 0. The first-order valence-electron chi connectivity index (χ1n) is 12.6. The Morgan fingerprint density at radius 3 is 1.66 bits per heavy atom. The number of likely N-dealkylation sites (tertiary alicyclic amines) is 1. The van der Waals surface area contributed by atoms with E-state index in [1.54, 1.807) is 0 Å². The highest BCUT2D eigenvalue weighted by Crippen LogP contribution is 2.12. The molecule has 1 aliphatic rings. The molecule has 170 valence electrons. The van der Waals surface area contributed by atoms with Crippen molar-refractivity contribution in [3.63, 3.8) is 0 Å². The number of rotatable bonds is 10. The van der Waals surface area contributed by atoms with Crippen molar-refractivity contribution in [3.05, 3.63) is 35.4 Å². The maximum absolute atomic E-state index is 11.3. The van der Waals surface area contributed by atoms with Gasteiger partial charge in [0, 0.05) is 32.5 Å². The van der Waals surface area contributed by atoms with Crippen LogP contribution in [0.4, 0.5) is 0 Å². The molecule has 0 aliphatic carbocycles. The molecule has 0 spiro atoms. The lowest BCUT2D eigenvalue weighted by Crippen LogP contribution is -2.35.